The molecule has 0 fully saturated rings. The summed E-state index contributed by atoms with van der Waals surface area (Å²) in [5.41, 5.74) is 0.417. The van der Waals surface area contributed by atoms with Gasteiger partial charge in [-0.25, -0.2) is 0 Å². The van der Waals surface area contributed by atoms with Crippen molar-refractivity contribution in [1.29, 1.82) is 0 Å². The highest BCUT2D eigenvalue weighted by atomic mass is 16.5. The molecule has 2 aromatic rings. The highest BCUT2D eigenvalue weighted by molar-refractivity contribution is 5.52. The number of phenols is 4. The zero-order chi connectivity index (χ0) is 16.1. The van der Waals surface area contributed by atoms with Crippen LogP contribution in [0.15, 0.2) is 30.3 Å². The van der Waals surface area contributed by atoms with Crippen molar-refractivity contribution < 1.29 is 31.6 Å². The summed E-state index contributed by atoms with van der Waals surface area (Å²) in [5, 5.41) is 48.5. The largest absolute Gasteiger partial charge is 0.508 e. The minimum atomic E-state index is -1.95. The van der Waals surface area contributed by atoms with Gasteiger partial charge in [-0.2, -0.15) is 0 Å². The molecule has 0 saturated heterocycles. The summed E-state index contributed by atoms with van der Waals surface area (Å²) in [7, 11) is 0. The summed E-state index contributed by atoms with van der Waals surface area (Å²) in [6, 6.07) is 6.02. The predicted octanol–water partition coefficient (Wildman–Crippen LogP) is 1.55. The summed E-state index contributed by atoms with van der Waals surface area (Å²) >= 11 is 0. The van der Waals surface area contributed by atoms with Crippen LogP contribution in [-0.4, -0.2) is 31.6 Å². The fourth-order valence-electron chi connectivity index (χ4n) is 2.31. The first kappa shape index (κ1) is 12.2. The molecule has 0 aromatic heterocycles. The Morgan fingerprint density at radius 2 is 1.76 bits per heavy atom. The summed E-state index contributed by atoms with van der Waals surface area (Å²) < 4.78 is 13.9. The molecule has 0 bridgehead atoms. The average Bonchev–Trinajstić information content (AvgIpc) is 2.44. The lowest BCUT2D eigenvalue weighted by atomic mass is 9.94. The highest BCUT2D eigenvalue weighted by Gasteiger charge is 2.32. The Balaban J connectivity index is 2.09. The van der Waals surface area contributed by atoms with Gasteiger partial charge in [-0.3, -0.25) is 0 Å². The van der Waals surface area contributed by atoms with Crippen molar-refractivity contribution >= 4 is 0 Å². The van der Waals surface area contributed by atoms with Crippen LogP contribution in [0.1, 0.15) is 18.6 Å². The Labute approximate surface area is 121 Å². The third-order valence-electron chi connectivity index (χ3n) is 3.35. The van der Waals surface area contributed by atoms with Gasteiger partial charge in [-0.05, 0) is 17.7 Å². The van der Waals surface area contributed by atoms with Crippen molar-refractivity contribution in [2.45, 2.75) is 18.6 Å². The number of rotatable bonds is 1. The van der Waals surface area contributed by atoms with Gasteiger partial charge in [0.2, 0.25) is 0 Å². The Kier molecular flexibility index (Phi) is 2.75. The van der Waals surface area contributed by atoms with E-state index in [4.69, 9.17) is 6.11 Å². The lowest BCUT2D eigenvalue weighted by molar-refractivity contribution is 0.0197. The first-order valence-corrected chi connectivity index (χ1v) is 6.25. The third kappa shape index (κ3) is 2.30. The van der Waals surface area contributed by atoms with E-state index in [1.165, 1.54) is 18.2 Å². The predicted molar refractivity (Wildman–Crippen MR) is 72.6 cm³/mol. The molecule has 0 saturated carbocycles. The SMILES string of the molecule is [2H][C@]1(c2ccc(O)c(O)c2)Oc2cc(O)cc(O)c2C[C@H]1O. The molecule has 2 atom stereocenters. The van der Waals surface area contributed by atoms with Crippen molar-refractivity contribution in [2.24, 2.45) is 0 Å². The number of ether oxygens (including phenoxy) is 1. The lowest BCUT2D eigenvalue weighted by Crippen LogP contribution is -2.30. The molecule has 1 aliphatic heterocycles. The fourth-order valence-corrected chi connectivity index (χ4v) is 2.31. The number of aromatic hydroxyl groups is 4. The first-order valence-electron chi connectivity index (χ1n) is 6.75. The molecule has 0 amide bonds. The Bertz CT molecular complexity index is 747. The maximum absolute atomic E-state index is 10.3. The molecule has 21 heavy (non-hydrogen) atoms. The molecule has 110 valence electrons. The van der Waals surface area contributed by atoms with Crippen molar-refractivity contribution in [1.82, 2.24) is 0 Å². The van der Waals surface area contributed by atoms with E-state index >= 15 is 0 Å². The summed E-state index contributed by atoms with van der Waals surface area (Å²) in [4.78, 5) is 0. The van der Waals surface area contributed by atoms with Crippen molar-refractivity contribution in [3.05, 3.63) is 41.5 Å². The maximum atomic E-state index is 10.3. The second-order valence-corrected chi connectivity index (χ2v) is 4.83. The molecule has 3 rings (SSSR count). The van der Waals surface area contributed by atoms with E-state index in [-0.39, 0.29) is 40.5 Å². The van der Waals surface area contributed by atoms with Crippen LogP contribution in [0.5, 0.6) is 28.7 Å². The molecule has 0 spiro atoms. The van der Waals surface area contributed by atoms with E-state index in [0.717, 1.165) is 12.1 Å². The molecule has 0 unspecified atom stereocenters. The molecule has 1 heterocycles. The van der Waals surface area contributed by atoms with Gasteiger partial charge in [0.05, 0.1) is 7.47 Å². The van der Waals surface area contributed by atoms with Gasteiger partial charge in [0, 0.05) is 24.1 Å². The van der Waals surface area contributed by atoms with Gasteiger partial charge in [0.15, 0.2) is 11.5 Å². The van der Waals surface area contributed by atoms with Crippen molar-refractivity contribution in [3.8, 4) is 28.7 Å². The molecular weight excluding hydrogens is 276 g/mol. The molecule has 0 radical (unpaired) electrons. The average molecular weight is 291 g/mol. The Morgan fingerprint density at radius 3 is 2.48 bits per heavy atom. The van der Waals surface area contributed by atoms with Crippen molar-refractivity contribution in [3.63, 3.8) is 0 Å². The molecule has 1 aliphatic rings. The minimum Gasteiger partial charge on any atom is -0.508 e. The van der Waals surface area contributed by atoms with E-state index in [2.05, 4.69) is 0 Å². The van der Waals surface area contributed by atoms with Gasteiger partial charge < -0.3 is 30.3 Å². The van der Waals surface area contributed by atoms with Gasteiger partial charge in [0.1, 0.15) is 23.3 Å². The van der Waals surface area contributed by atoms with E-state index in [0.29, 0.717) is 0 Å². The summed E-state index contributed by atoms with van der Waals surface area (Å²) in [6.07, 6.45) is -3.33. The molecule has 6 nitrogen and oxygen atoms in total. The second-order valence-electron chi connectivity index (χ2n) is 4.83. The van der Waals surface area contributed by atoms with E-state index in [1.54, 1.807) is 0 Å². The van der Waals surface area contributed by atoms with Gasteiger partial charge in [-0.1, -0.05) is 6.07 Å². The maximum Gasteiger partial charge on any atom is 0.157 e. The Morgan fingerprint density at radius 1 is 1.00 bits per heavy atom. The Hall–Kier alpha value is -2.60. The van der Waals surface area contributed by atoms with E-state index in [9.17, 15) is 25.5 Å². The van der Waals surface area contributed by atoms with Crippen molar-refractivity contribution in [2.75, 3.05) is 0 Å². The molecular formula is C15H14O6. The third-order valence-corrected chi connectivity index (χ3v) is 3.35. The number of hydrogen-bond acceptors (Lipinski definition) is 6. The van der Waals surface area contributed by atoms with Crippen LogP contribution in [-0.2, 0) is 6.42 Å². The smallest absolute Gasteiger partial charge is 0.157 e. The second kappa shape index (κ2) is 4.75. The molecule has 0 aliphatic carbocycles. The van der Waals surface area contributed by atoms with Gasteiger partial charge in [0.25, 0.3) is 0 Å². The molecule has 2 aromatic carbocycles. The number of aliphatic hydroxyl groups excluding tert-OH is 1. The number of aliphatic hydroxyl groups is 1. The van der Waals surface area contributed by atoms with E-state index < -0.39 is 17.9 Å². The quantitative estimate of drug-likeness (QED) is 0.510. The topological polar surface area (TPSA) is 110 Å². The van der Waals surface area contributed by atoms with Crippen LogP contribution in [0.2, 0.25) is 0 Å². The van der Waals surface area contributed by atoms with E-state index in [1.807, 2.05) is 0 Å². The van der Waals surface area contributed by atoms with Crippen LogP contribution in [0.3, 0.4) is 0 Å². The summed E-state index contributed by atoms with van der Waals surface area (Å²) in [5.74, 6) is -1.18. The van der Waals surface area contributed by atoms with Crippen LogP contribution in [0.4, 0.5) is 0 Å². The van der Waals surface area contributed by atoms with Crippen LogP contribution >= 0.6 is 0 Å². The molecule has 6 heteroatoms. The lowest BCUT2D eigenvalue weighted by Gasteiger charge is -2.31. The zero-order valence-corrected chi connectivity index (χ0v) is 10.8. The monoisotopic (exact) mass is 291 g/mol. The minimum absolute atomic E-state index is 0.0629. The highest BCUT2D eigenvalue weighted by Crippen LogP contribution is 2.42. The number of fused-ring (bicyclic) bond motifs is 1. The number of benzene rings is 2. The standard InChI is InChI=1S/C15H14O6/c16-8-4-11(18)9-6-13(20)15(21-14(9)5-8)7-1-2-10(17)12(19)3-7/h1-5,13,15-20H,6H2/t13-,15-/m1/s1/i15D. The number of phenolic OH excluding ortho intramolecular Hbond substituents is 4. The van der Waals surface area contributed by atoms with Gasteiger partial charge >= 0.3 is 0 Å². The summed E-state index contributed by atoms with van der Waals surface area (Å²) in [6.45, 7) is 0. The molecule has 5 N–H and O–H groups in total. The first-order chi connectivity index (χ1) is 10.3. The van der Waals surface area contributed by atoms with Gasteiger partial charge in [-0.15, -0.1) is 0 Å². The zero-order valence-electron chi connectivity index (χ0n) is 11.8. The normalized spacial score (nSPS) is 24.8. The number of hydrogen-bond donors (Lipinski definition) is 5. The fraction of sp³-hybridized carbons (Fsp3) is 0.200. The van der Waals surface area contributed by atoms with Crippen LogP contribution in [0, 0.1) is 0 Å². The van der Waals surface area contributed by atoms with Crippen LogP contribution < -0.4 is 4.74 Å². The van der Waals surface area contributed by atoms with Crippen LogP contribution in [0.25, 0.3) is 0 Å².